The van der Waals surface area contributed by atoms with E-state index in [-0.39, 0.29) is 11.1 Å². The Morgan fingerprint density at radius 2 is 1.81 bits per heavy atom. The van der Waals surface area contributed by atoms with Crippen molar-refractivity contribution in [1.29, 1.82) is 0 Å². The van der Waals surface area contributed by atoms with Gasteiger partial charge in [0.2, 0.25) is 11.2 Å². The molecule has 8 heteroatoms. The fourth-order valence-corrected chi connectivity index (χ4v) is 2.66. The van der Waals surface area contributed by atoms with E-state index < -0.39 is 0 Å². The summed E-state index contributed by atoms with van der Waals surface area (Å²) in [6.45, 7) is 0. The van der Waals surface area contributed by atoms with Crippen LogP contribution in [0.25, 0.3) is 16.8 Å². The largest absolute Gasteiger partial charge is 0.497 e. The molecule has 0 atom stereocenters. The molecule has 0 saturated heterocycles. The van der Waals surface area contributed by atoms with E-state index in [1.54, 1.807) is 43.5 Å². The highest BCUT2D eigenvalue weighted by molar-refractivity contribution is 6.28. The molecule has 2 aromatic heterocycles. The average molecular weight is 371 g/mol. The lowest BCUT2D eigenvalue weighted by Crippen LogP contribution is -1.97. The van der Waals surface area contributed by atoms with Crippen molar-refractivity contribution < 1.29 is 13.9 Å². The molecule has 0 bridgehead atoms. The van der Waals surface area contributed by atoms with Crippen LogP contribution in [0.5, 0.6) is 17.4 Å². The van der Waals surface area contributed by atoms with Gasteiger partial charge in [-0.05, 0) is 47.5 Å². The first-order valence-corrected chi connectivity index (χ1v) is 8.01. The van der Waals surface area contributed by atoms with Crippen molar-refractivity contribution in [2.24, 2.45) is 0 Å². The Bertz CT molecular complexity index is 1080. The zero-order valence-electron chi connectivity index (χ0n) is 13.6. The number of halogens is 2. The predicted octanol–water partition coefficient (Wildman–Crippen LogP) is 4.38. The van der Waals surface area contributed by atoms with Gasteiger partial charge in [0.15, 0.2) is 5.65 Å². The number of rotatable bonds is 4. The van der Waals surface area contributed by atoms with E-state index in [0.29, 0.717) is 23.0 Å². The van der Waals surface area contributed by atoms with Gasteiger partial charge in [-0.3, -0.25) is 0 Å². The molecule has 0 unspecified atom stereocenters. The minimum atomic E-state index is -0.306. The number of aromatic nitrogens is 4. The van der Waals surface area contributed by atoms with Gasteiger partial charge >= 0.3 is 0 Å². The average Bonchev–Trinajstić information content (AvgIpc) is 3.03. The van der Waals surface area contributed by atoms with Crippen LogP contribution in [0.15, 0.2) is 54.6 Å². The molecule has 130 valence electrons. The first-order chi connectivity index (χ1) is 12.6. The third-order valence-corrected chi connectivity index (χ3v) is 3.99. The molecule has 4 rings (SSSR count). The molecule has 26 heavy (non-hydrogen) atoms. The summed E-state index contributed by atoms with van der Waals surface area (Å²) in [6, 6.07) is 14.9. The predicted molar refractivity (Wildman–Crippen MR) is 94.3 cm³/mol. The fourth-order valence-electron chi connectivity index (χ4n) is 2.49. The van der Waals surface area contributed by atoms with Crippen LogP contribution in [0.3, 0.4) is 0 Å². The maximum atomic E-state index is 13.2. The number of benzene rings is 2. The molecule has 0 radical (unpaired) electrons. The van der Waals surface area contributed by atoms with Gasteiger partial charge in [0.25, 0.3) is 0 Å². The normalized spacial score (nSPS) is 10.9. The zero-order valence-corrected chi connectivity index (χ0v) is 14.3. The summed E-state index contributed by atoms with van der Waals surface area (Å²) < 4.78 is 25.8. The number of nitrogens with zero attached hydrogens (tertiary/aromatic N) is 4. The molecule has 0 amide bonds. The van der Waals surface area contributed by atoms with Crippen LogP contribution in [0.1, 0.15) is 0 Å². The Hall–Kier alpha value is -3.19. The Labute approximate surface area is 152 Å². The standard InChI is InChI=1S/C18H12ClFN4O2/c1-25-13-6-7-14(11-2-4-12(20)5-3-11)15(10-13)26-17-9-8-16-21-22-18(19)24(16)23-17/h2-10H,1H3. The van der Waals surface area contributed by atoms with E-state index in [9.17, 15) is 4.39 Å². The van der Waals surface area contributed by atoms with Crippen LogP contribution in [-0.4, -0.2) is 26.9 Å². The Kier molecular flexibility index (Phi) is 4.14. The summed E-state index contributed by atoms with van der Waals surface area (Å²) in [5.41, 5.74) is 2.07. The lowest BCUT2D eigenvalue weighted by Gasteiger charge is -2.12. The molecule has 2 aromatic carbocycles. The van der Waals surface area contributed by atoms with Crippen molar-refractivity contribution in [1.82, 2.24) is 19.8 Å². The van der Waals surface area contributed by atoms with Crippen LogP contribution < -0.4 is 9.47 Å². The van der Waals surface area contributed by atoms with Crippen LogP contribution >= 0.6 is 11.6 Å². The van der Waals surface area contributed by atoms with Crippen LogP contribution in [-0.2, 0) is 0 Å². The summed E-state index contributed by atoms with van der Waals surface area (Å²) in [5.74, 6) is 1.12. The summed E-state index contributed by atoms with van der Waals surface area (Å²) in [5, 5.41) is 12.0. The highest BCUT2D eigenvalue weighted by Crippen LogP contribution is 2.36. The second kappa shape index (κ2) is 6.61. The summed E-state index contributed by atoms with van der Waals surface area (Å²) in [6.07, 6.45) is 0. The van der Waals surface area contributed by atoms with Crippen molar-refractivity contribution >= 4 is 17.2 Å². The third kappa shape index (κ3) is 3.04. The van der Waals surface area contributed by atoms with Crippen molar-refractivity contribution in [2.75, 3.05) is 7.11 Å². The molecule has 0 fully saturated rings. The lowest BCUT2D eigenvalue weighted by atomic mass is 10.0. The molecular weight excluding hydrogens is 359 g/mol. The molecule has 0 aliphatic carbocycles. The second-order valence-electron chi connectivity index (χ2n) is 5.38. The number of fused-ring (bicyclic) bond motifs is 1. The van der Waals surface area contributed by atoms with Crippen molar-refractivity contribution in [3.05, 3.63) is 65.7 Å². The molecule has 2 heterocycles. The minimum Gasteiger partial charge on any atom is -0.497 e. The highest BCUT2D eigenvalue weighted by Gasteiger charge is 2.12. The first-order valence-electron chi connectivity index (χ1n) is 7.64. The van der Waals surface area contributed by atoms with Crippen LogP contribution in [0, 0.1) is 5.82 Å². The van der Waals surface area contributed by atoms with Gasteiger partial charge in [0.05, 0.1) is 7.11 Å². The van der Waals surface area contributed by atoms with Crippen molar-refractivity contribution in [3.63, 3.8) is 0 Å². The molecule has 0 saturated carbocycles. The number of ether oxygens (including phenoxy) is 2. The molecule has 0 N–H and O–H groups in total. The van der Waals surface area contributed by atoms with Crippen LogP contribution in [0.4, 0.5) is 4.39 Å². The van der Waals surface area contributed by atoms with Gasteiger partial charge in [-0.15, -0.1) is 15.3 Å². The van der Waals surface area contributed by atoms with Gasteiger partial charge in [-0.2, -0.15) is 4.52 Å². The molecule has 0 aliphatic heterocycles. The van der Waals surface area contributed by atoms with Gasteiger partial charge in [-0.25, -0.2) is 4.39 Å². The molecule has 6 nitrogen and oxygen atoms in total. The van der Waals surface area contributed by atoms with Gasteiger partial charge in [0.1, 0.15) is 17.3 Å². The third-order valence-electron chi connectivity index (χ3n) is 3.76. The van der Waals surface area contributed by atoms with E-state index in [0.717, 1.165) is 11.1 Å². The van der Waals surface area contributed by atoms with Crippen molar-refractivity contribution in [3.8, 4) is 28.5 Å². The van der Waals surface area contributed by atoms with Gasteiger partial charge in [0, 0.05) is 17.7 Å². The maximum absolute atomic E-state index is 13.2. The SMILES string of the molecule is COc1ccc(-c2ccc(F)cc2)c(Oc2ccc3nnc(Cl)n3n2)c1. The summed E-state index contributed by atoms with van der Waals surface area (Å²) >= 11 is 5.95. The quantitative estimate of drug-likeness (QED) is 0.533. The molecule has 0 spiro atoms. The fraction of sp³-hybridized carbons (Fsp3) is 0.0556. The van der Waals surface area contributed by atoms with Crippen molar-refractivity contribution in [2.45, 2.75) is 0 Å². The Morgan fingerprint density at radius 1 is 1.00 bits per heavy atom. The van der Waals surface area contributed by atoms with Gasteiger partial charge < -0.3 is 9.47 Å². The van der Waals surface area contributed by atoms with Gasteiger partial charge in [-0.1, -0.05) is 12.1 Å². The lowest BCUT2D eigenvalue weighted by molar-refractivity contribution is 0.406. The highest BCUT2D eigenvalue weighted by atomic mass is 35.5. The van der Waals surface area contributed by atoms with Crippen LogP contribution in [0.2, 0.25) is 5.28 Å². The number of methoxy groups -OCH3 is 1. The topological polar surface area (TPSA) is 61.5 Å². The van der Waals surface area contributed by atoms with E-state index in [4.69, 9.17) is 21.1 Å². The monoisotopic (exact) mass is 370 g/mol. The van der Waals surface area contributed by atoms with E-state index in [2.05, 4.69) is 15.3 Å². The smallest absolute Gasteiger partial charge is 0.246 e. The molecular formula is C18H12ClFN4O2. The zero-order chi connectivity index (χ0) is 18.1. The minimum absolute atomic E-state index is 0.134. The number of hydrogen-bond acceptors (Lipinski definition) is 5. The molecule has 4 aromatic rings. The summed E-state index contributed by atoms with van der Waals surface area (Å²) in [4.78, 5) is 0. The van der Waals surface area contributed by atoms with E-state index >= 15 is 0 Å². The number of hydrogen-bond donors (Lipinski definition) is 0. The second-order valence-corrected chi connectivity index (χ2v) is 5.72. The Morgan fingerprint density at radius 3 is 2.58 bits per heavy atom. The van der Waals surface area contributed by atoms with E-state index in [1.807, 2.05) is 6.07 Å². The maximum Gasteiger partial charge on any atom is 0.246 e. The Balaban J connectivity index is 1.77. The van der Waals surface area contributed by atoms with E-state index in [1.165, 1.54) is 16.6 Å². The first kappa shape index (κ1) is 16.3. The molecule has 0 aliphatic rings. The summed E-state index contributed by atoms with van der Waals surface area (Å²) in [7, 11) is 1.57.